The maximum absolute atomic E-state index is 11.9. The first-order valence-electron chi connectivity index (χ1n) is 7.20. The predicted molar refractivity (Wildman–Crippen MR) is 79.7 cm³/mol. The van der Waals surface area contributed by atoms with E-state index in [4.69, 9.17) is 9.15 Å². The molecule has 2 aromatic rings. The fourth-order valence-electron chi connectivity index (χ4n) is 2.30. The Morgan fingerprint density at radius 2 is 2.18 bits per heavy atom. The van der Waals surface area contributed by atoms with Crippen molar-refractivity contribution >= 4 is 11.7 Å². The van der Waals surface area contributed by atoms with Gasteiger partial charge < -0.3 is 19.4 Å². The summed E-state index contributed by atoms with van der Waals surface area (Å²) in [4.78, 5) is 23.0. The van der Waals surface area contributed by atoms with Crippen molar-refractivity contribution in [3.05, 3.63) is 41.7 Å². The molecule has 1 N–H and O–H groups in total. The average Bonchev–Trinajstić information content (AvgIpc) is 3.07. The van der Waals surface area contributed by atoms with E-state index in [0.717, 1.165) is 24.6 Å². The molecule has 1 saturated heterocycles. The van der Waals surface area contributed by atoms with Crippen LogP contribution in [-0.4, -0.2) is 42.2 Å². The number of hydrogen-bond acceptors (Lipinski definition) is 6. The first-order chi connectivity index (χ1) is 10.7. The molecule has 1 amide bonds. The molecule has 0 aliphatic carbocycles. The van der Waals surface area contributed by atoms with Crippen molar-refractivity contribution in [3.63, 3.8) is 0 Å². The molecular weight excluding hydrogens is 284 g/mol. The average molecular weight is 302 g/mol. The zero-order chi connectivity index (χ0) is 15.4. The van der Waals surface area contributed by atoms with Gasteiger partial charge in [-0.3, -0.25) is 4.79 Å². The van der Waals surface area contributed by atoms with E-state index < -0.39 is 0 Å². The quantitative estimate of drug-likeness (QED) is 0.912. The van der Waals surface area contributed by atoms with Gasteiger partial charge in [-0.15, -0.1) is 0 Å². The molecule has 0 saturated carbocycles. The Labute approximate surface area is 128 Å². The maximum Gasteiger partial charge on any atom is 0.254 e. The number of nitrogens with one attached hydrogen (secondary N) is 1. The largest absolute Gasteiger partial charge is 0.472 e. The van der Waals surface area contributed by atoms with Crippen LogP contribution in [0.4, 0.5) is 5.82 Å². The fourth-order valence-corrected chi connectivity index (χ4v) is 2.30. The number of carbonyl (C=O) groups is 1. The Kier molecular flexibility index (Phi) is 4.34. The molecule has 1 aliphatic rings. The molecule has 7 heteroatoms. The van der Waals surface area contributed by atoms with Crippen molar-refractivity contribution in [2.24, 2.45) is 0 Å². The van der Waals surface area contributed by atoms with Crippen LogP contribution in [0.1, 0.15) is 21.9 Å². The lowest BCUT2D eigenvalue weighted by atomic mass is 10.3. The molecule has 0 atom stereocenters. The summed E-state index contributed by atoms with van der Waals surface area (Å²) in [6.45, 7) is 5.25. The van der Waals surface area contributed by atoms with Crippen molar-refractivity contribution < 1.29 is 13.9 Å². The van der Waals surface area contributed by atoms with Gasteiger partial charge in [-0.05, 0) is 13.0 Å². The molecule has 3 rings (SSSR count). The van der Waals surface area contributed by atoms with Crippen molar-refractivity contribution in [2.45, 2.75) is 13.5 Å². The molecule has 0 aromatic carbocycles. The Morgan fingerprint density at radius 3 is 2.91 bits per heavy atom. The SMILES string of the molecule is Cc1cc(N2CCOCC2)nc(CNC(=O)c2ccoc2)n1. The highest BCUT2D eigenvalue weighted by Gasteiger charge is 2.14. The topological polar surface area (TPSA) is 80.5 Å². The highest BCUT2D eigenvalue weighted by molar-refractivity contribution is 5.93. The maximum atomic E-state index is 11.9. The molecule has 2 aromatic heterocycles. The van der Waals surface area contributed by atoms with E-state index in [0.29, 0.717) is 24.6 Å². The first kappa shape index (κ1) is 14.5. The zero-order valence-electron chi connectivity index (χ0n) is 12.4. The monoisotopic (exact) mass is 302 g/mol. The number of anilines is 1. The fraction of sp³-hybridized carbons (Fsp3) is 0.400. The number of nitrogens with zero attached hydrogens (tertiary/aromatic N) is 3. The highest BCUT2D eigenvalue weighted by Crippen LogP contribution is 2.14. The van der Waals surface area contributed by atoms with Crippen LogP contribution >= 0.6 is 0 Å². The summed E-state index contributed by atoms with van der Waals surface area (Å²) in [7, 11) is 0. The van der Waals surface area contributed by atoms with Crippen LogP contribution in [0.3, 0.4) is 0 Å². The first-order valence-corrected chi connectivity index (χ1v) is 7.20. The number of carbonyl (C=O) groups excluding carboxylic acids is 1. The Bertz CT molecular complexity index is 636. The summed E-state index contributed by atoms with van der Waals surface area (Å²) >= 11 is 0. The van der Waals surface area contributed by atoms with Gasteiger partial charge in [0, 0.05) is 24.8 Å². The van der Waals surface area contributed by atoms with E-state index >= 15 is 0 Å². The number of ether oxygens (including phenoxy) is 1. The number of rotatable bonds is 4. The molecule has 22 heavy (non-hydrogen) atoms. The molecule has 0 bridgehead atoms. The van der Waals surface area contributed by atoms with Gasteiger partial charge in [0.2, 0.25) is 0 Å². The molecule has 0 spiro atoms. The summed E-state index contributed by atoms with van der Waals surface area (Å²) in [5.74, 6) is 1.27. The summed E-state index contributed by atoms with van der Waals surface area (Å²) in [5, 5.41) is 2.79. The molecule has 3 heterocycles. The Hall–Kier alpha value is -2.41. The lowest BCUT2D eigenvalue weighted by Gasteiger charge is -2.28. The van der Waals surface area contributed by atoms with E-state index in [-0.39, 0.29) is 12.5 Å². The van der Waals surface area contributed by atoms with Crippen molar-refractivity contribution in [3.8, 4) is 0 Å². The van der Waals surface area contributed by atoms with E-state index in [1.54, 1.807) is 6.07 Å². The van der Waals surface area contributed by atoms with Gasteiger partial charge in [0.1, 0.15) is 17.9 Å². The molecule has 0 unspecified atom stereocenters. The molecule has 116 valence electrons. The standard InChI is InChI=1S/C15H18N4O3/c1-11-8-14(19-3-6-21-7-4-19)18-13(17-11)9-16-15(20)12-2-5-22-10-12/h2,5,8,10H,3-4,6-7,9H2,1H3,(H,16,20). The van der Waals surface area contributed by atoms with E-state index in [1.807, 2.05) is 13.0 Å². The van der Waals surface area contributed by atoms with Crippen LogP contribution in [-0.2, 0) is 11.3 Å². The molecule has 7 nitrogen and oxygen atoms in total. The van der Waals surface area contributed by atoms with Gasteiger partial charge in [0.25, 0.3) is 5.91 Å². The minimum atomic E-state index is -0.202. The molecule has 1 aliphatic heterocycles. The lowest BCUT2D eigenvalue weighted by molar-refractivity contribution is 0.0949. The number of furan rings is 1. The number of hydrogen-bond donors (Lipinski definition) is 1. The molecule has 1 fully saturated rings. The smallest absolute Gasteiger partial charge is 0.254 e. The van der Waals surface area contributed by atoms with E-state index in [9.17, 15) is 4.79 Å². The third kappa shape index (κ3) is 3.43. The van der Waals surface area contributed by atoms with E-state index in [1.165, 1.54) is 12.5 Å². The van der Waals surface area contributed by atoms with Crippen LogP contribution in [0.2, 0.25) is 0 Å². The minimum absolute atomic E-state index is 0.202. The Balaban J connectivity index is 1.68. The molecular formula is C15H18N4O3. The number of morpholine rings is 1. The number of aromatic nitrogens is 2. The van der Waals surface area contributed by atoms with Crippen LogP contribution in [0, 0.1) is 6.92 Å². The van der Waals surface area contributed by atoms with Crippen LogP contribution in [0.25, 0.3) is 0 Å². The summed E-state index contributed by atoms with van der Waals surface area (Å²) in [6, 6.07) is 3.57. The Morgan fingerprint density at radius 1 is 1.36 bits per heavy atom. The highest BCUT2D eigenvalue weighted by atomic mass is 16.5. The number of amides is 1. The zero-order valence-corrected chi connectivity index (χ0v) is 12.4. The van der Waals surface area contributed by atoms with Crippen molar-refractivity contribution in [1.82, 2.24) is 15.3 Å². The molecule has 0 radical (unpaired) electrons. The van der Waals surface area contributed by atoms with Gasteiger partial charge in [-0.25, -0.2) is 9.97 Å². The van der Waals surface area contributed by atoms with Gasteiger partial charge >= 0.3 is 0 Å². The third-order valence-corrected chi connectivity index (χ3v) is 3.41. The van der Waals surface area contributed by atoms with Gasteiger partial charge in [-0.2, -0.15) is 0 Å². The van der Waals surface area contributed by atoms with Crippen LogP contribution in [0.15, 0.2) is 29.1 Å². The third-order valence-electron chi connectivity index (χ3n) is 3.41. The summed E-state index contributed by atoms with van der Waals surface area (Å²) in [6.07, 6.45) is 2.88. The van der Waals surface area contributed by atoms with Crippen LogP contribution < -0.4 is 10.2 Å². The lowest BCUT2D eigenvalue weighted by Crippen LogP contribution is -2.37. The van der Waals surface area contributed by atoms with Gasteiger partial charge in [0.15, 0.2) is 0 Å². The summed E-state index contributed by atoms with van der Waals surface area (Å²) in [5.41, 5.74) is 1.37. The van der Waals surface area contributed by atoms with E-state index in [2.05, 4.69) is 20.2 Å². The van der Waals surface area contributed by atoms with Crippen molar-refractivity contribution in [2.75, 3.05) is 31.2 Å². The minimum Gasteiger partial charge on any atom is -0.472 e. The normalized spacial score (nSPS) is 14.9. The van der Waals surface area contributed by atoms with Gasteiger partial charge in [0.05, 0.1) is 31.6 Å². The van der Waals surface area contributed by atoms with Crippen LogP contribution in [0.5, 0.6) is 0 Å². The second kappa shape index (κ2) is 6.57. The second-order valence-corrected chi connectivity index (χ2v) is 5.08. The van der Waals surface area contributed by atoms with Gasteiger partial charge in [-0.1, -0.05) is 0 Å². The van der Waals surface area contributed by atoms with Crippen molar-refractivity contribution in [1.29, 1.82) is 0 Å². The summed E-state index contributed by atoms with van der Waals surface area (Å²) < 4.78 is 10.2. The second-order valence-electron chi connectivity index (χ2n) is 5.08. The number of aryl methyl sites for hydroxylation is 1. The predicted octanol–water partition coefficient (Wildman–Crippen LogP) is 1.14.